The molecule has 168 valence electrons. The SMILES string of the molecule is COc1cc(CNC(=O)Cn2cnc3c(C)cccc3c2=O)ccc1OCc1ccncc1. The van der Waals surface area contributed by atoms with Crippen LogP contribution in [0.2, 0.25) is 0 Å². The standard InChI is InChI=1S/C25H24N4O4/c1-17-4-3-5-20-24(17)28-16-29(25(20)31)14-23(30)27-13-19-6-7-21(22(12-19)32-2)33-15-18-8-10-26-11-9-18/h3-12,16H,13-15H2,1-2H3,(H,27,30). The molecule has 2 heterocycles. The average Bonchev–Trinajstić information content (AvgIpc) is 2.84. The van der Waals surface area contributed by atoms with Gasteiger partial charge in [0.15, 0.2) is 11.5 Å². The normalized spacial score (nSPS) is 10.7. The molecule has 0 radical (unpaired) electrons. The number of amides is 1. The maximum absolute atomic E-state index is 12.7. The first-order valence-electron chi connectivity index (χ1n) is 10.4. The summed E-state index contributed by atoms with van der Waals surface area (Å²) in [6, 6.07) is 14.7. The van der Waals surface area contributed by atoms with Crippen molar-refractivity contribution in [2.45, 2.75) is 26.6 Å². The van der Waals surface area contributed by atoms with E-state index >= 15 is 0 Å². The lowest BCUT2D eigenvalue weighted by Crippen LogP contribution is -2.32. The Balaban J connectivity index is 1.38. The Morgan fingerprint density at radius 2 is 1.88 bits per heavy atom. The number of aromatic nitrogens is 3. The van der Waals surface area contributed by atoms with E-state index in [1.807, 2.05) is 49.4 Å². The molecule has 0 atom stereocenters. The van der Waals surface area contributed by atoms with Gasteiger partial charge in [-0.25, -0.2) is 4.98 Å². The second-order valence-electron chi connectivity index (χ2n) is 7.55. The molecule has 0 fully saturated rings. The van der Waals surface area contributed by atoms with Crippen LogP contribution in [-0.2, 0) is 24.5 Å². The molecule has 1 amide bonds. The van der Waals surface area contributed by atoms with Crippen LogP contribution < -0.4 is 20.3 Å². The number of fused-ring (bicyclic) bond motifs is 1. The van der Waals surface area contributed by atoms with Gasteiger partial charge in [-0.2, -0.15) is 0 Å². The zero-order valence-corrected chi connectivity index (χ0v) is 18.4. The third kappa shape index (κ3) is 5.17. The highest BCUT2D eigenvalue weighted by Crippen LogP contribution is 2.28. The molecule has 0 saturated heterocycles. The maximum Gasteiger partial charge on any atom is 0.261 e. The Hall–Kier alpha value is -4.20. The van der Waals surface area contributed by atoms with Crippen LogP contribution in [-0.4, -0.2) is 27.6 Å². The first-order valence-corrected chi connectivity index (χ1v) is 10.4. The molecule has 4 aromatic rings. The maximum atomic E-state index is 12.7. The fraction of sp³-hybridized carbons (Fsp3) is 0.200. The smallest absolute Gasteiger partial charge is 0.261 e. The molecule has 8 nitrogen and oxygen atoms in total. The van der Waals surface area contributed by atoms with E-state index in [9.17, 15) is 9.59 Å². The van der Waals surface area contributed by atoms with Crippen LogP contribution in [0.1, 0.15) is 16.7 Å². The molecule has 0 aliphatic carbocycles. The fourth-order valence-corrected chi connectivity index (χ4v) is 3.44. The summed E-state index contributed by atoms with van der Waals surface area (Å²) in [4.78, 5) is 33.5. The number of hydrogen-bond acceptors (Lipinski definition) is 6. The van der Waals surface area contributed by atoms with Gasteiger partial charge in [-0.15, -0.1) is 0 Å². The highest BCUT2D eigenvalue weighted by molar-refractivity contribution is 5.81. The lowest BCUT2D eigenvalue weighted by molar-refractivity contribution is -0.121. The third-order valence-corrected chi connectivity index (χ3v) is 5.23. The predicted molar refractivity (Wildman–Crippen MR) is 124 cm³/mol. The summed E-state index contributed by atoms with van der Waals surface area (Å²) in [5.41, 5.74) is 3.17. The number of rotatable bonds is 8. The molecular formula is C25H24N4O4. The number of methoxy groups -OCH3 is 1. The van der Waals surface area contributed by atoms with E-state index in [-0.39, 0.29) is 24.6 Å². The minimum absolute atomic E-state index is 0.111. The van der Waals surface area contributed by atoms with E-state index in [1.54, 1.807) is 25.6 Å². The summed E-state index contributed by atoms with van der Waals surface area (Å²) in [7, 11) is 1.57. The van der Waals surface area contributed by atoms with Crippen molar-refractivity contribution in [2.75, 3.05) is 7.11 Å². The minimum atomic E-state index is -0.289. The molecule has 33 heavy (non-hydrogen) atoms. The topological polar surface area (TPSA) is 95.3 Å². The molecule has 8 heteroatoms. The van der Waals surface area contributed by atoms with Gasteiger partial charge in [0.25, 0.3) is 5.56 Å². The van der Waals surface area contributed by atoms with Crippen molar-refractivity contribution in [3.63, 3.8) is 0 Å². The Bertz CT molecular complexity index is 1340. The van der Waals surface area contributed by atoms with Crippen molar-refractivity contribution in [3.8, 4) is 11.5 Å². The number of pyridine rings is 1. The highest BCUT2D eigenvalue weighted by Gasteiger charge is 2.11. The fourth-order valence-electron chi connectivity index (χ4n) is 3.44. The number of carbonyl (C=O) groups is 1. The number of benzene rings is 2. The van der Waals surface area contributed by atoms with Gasteiger partial charge in [0.05, 0.1) is 24.3 Å². The molecule has 0 bridgehead atoms. The Labute approximate surface area is 190 Å². The van der Waals surface area contributed by atoms with Crippen molar-refractivity contribution in [1.29, 1.82) is 0 Å². The predicted octanol–water partition coefficient (Wildman–Crippen LogP) is 3.00. The van der Waals surface area contributed by atoms with Gasteiger partial charge in [0.2, 0.25) is 5.91 Å². The lowest BCUT2D eigenvalue weighted by atomic mass is 10.1. The van der Waals surface area contributed by atoms with Crippen LogP contribution in [0.25, 0.3) is 10.9 Å². The van der Waals surface area contributed by atoms with Gasteiger partial charge in [0, 0.05) is 18.9 Å². The van der Waals surface area contributed by atoms with Crippen molar-refractivity contribution in [3.05, 3.63) is 94.3 Å². The molecule has 0 unspecified atom stereocenters. The van der Waals surface area contributed by atoms with Crippen LogP contribution in [0.15, 0.2) is 72.0 Å². The third-order valence-electron chi connectivity index (χ3n) is 5.23. The van der Waals surface area contributed by atoms with Crippen molar-refractivity contribution in [1.82, 2.24) is 19.9 Å². The van der Waals surface area contributed by atoms with E-state index in [0.717, 1.165) is 16.7 Å². The highest BCUT2D eigenvalue weighted by atomic mass is 16.5. The average molecular weight is 444 g/mol. The number of nitrogens with one attached hydrogen (secondary N) is 1. The Morgan fingerprint density at radius 1 is 1.06 bits per heavy atom. The van der Waals surface area contributed by atoms with E-state index in [1.165, 1.54) is 10.9 Å². The number of ether oxygens (including phenoxy) is 2. The summed E-state index contributed by atoms with van der Waals surface area (Å²) in [5.74, 6) is 0.887. The van der Waals surface area contributed by atoms with Gasteiger partial charge in [0.1, 0.15) is 13.2 Å². The summed E-state index contributed by atoms with van der Waals surface area (Å²) in [6.07, 6.45) is 4.84. The van der Waals surface area contributed by atoms with E-state index in [4.69, 9.17) is 9.47 Å². The van der Waals surface area contributed by atoms with Crippen LogP contribution >= 0.6 is 0 Å². The number of aryl methyl sites for hydroxylation is 1. The number of nitrogens with zero attached hydrogens (tertiary/aromatic N) is 3. The van der Waals surface area contributed by atoms with E-state index in [0.29, 0.717) is 29.0 Å². The largest absolute Gasteiger partial charge is 0.493 e. The summed E-state index contributed by atoms with van der Waals surface area (Å²) >= 11 is 0. The Morgan fingerprint density at radius 3 is 2.67 bits per heavy atom. The Kier molecular flexibility index (Phi) is 6.64. The summed E-state index contributed by atoms with van der Waals surface area (Å²) in [5, 5.41) is 3.33. The van der Waals surface area contributed by atoms with E-state index in [2.05, 4.69) is 15.3 Å². The molecule has 0 aliphatic rings. The molecule has 1 N–H and O–H groups in total. The van der Waals surface area contributed by atoms with E-state index < -0.39 is 0 Å². The molecule has 0 saturated carbocycles. The zero-order valence-electron chi connectivity index (χ0n) is 18.4. The van der Waals surface area contributed by atoms with Gasteiger partial charge in [-0.3, -0.25) is 19.1 Å². The van der Waals surface area contributed by atoms with Gasteiger partial charge >= 0.3 is 0 Å². The van der Waals surface area contributed by atoms with Gasteiger partial charge in [-0.1, -0.05) is 18.2 Å². The second-order valence-corrected chi connectivity index (χ2v) is 7.55. The summed E-state index contributed by atoms with van der Waals surface area (Å²) in [6.45, 7) is 2.47. The second kappa shape index (κ2) is 9.95. The van der Waals surface area contributed by atoms with Crippen molar-refractivity contribution >= 4 is 16.8 Å². The molecule has 0 spiro atoms. The molecule has 2 aromatic carbocycles. The van der Waals surface area contributed by atoms with Crippen LogP contribution in [0.3, 0.4) is 0 Å². The summed E-state index contributed by atoms with van der Waals surface area (Å²) < 4.78 is 12.6. The molecule has 0 aliphatic heterocycles. The van der Waals surface area contributed by atoms with Crippen LogP contribution in [0.4, 0.5) is 0 Å². The molecule has 4 rings (SSSR count). The monoisotopic (exact) mass is 444 g/mol. The zero-order chi connectivity index (χ0) is 23.2. The van der Waals surface area contributed by atoms with Crippen molar-refractivity contribution < 1.29 is 14.3 Å². The van der Waals surface area contributed by atoms with Crippen LogP contribution in [0.5, 0.6) is 11.5 Å². The molecule has 2 aromatic heterocycles. The van der Waals surface area contributed by atoms with Crippen LogP contribution in [0, 0.1) is 6.92 Å². The number of carbonyl (C=O) groups excluding carboxylic acids is 1. The minimum Gasteiger partial charge on any atom is -0.493 e. The number of para-hydroxylation sites is 1. The first-order chi connectivity index (χ1) is 16.0. The van der Waals surface area contributed by atoms with Crippen molar-refractivity contribution in [2.24, 2.45) is 0 Å². The quantitative estimate of drug-likeness (QED) is 0.449. The molecular weight excluding hydrogens is 420 g/mol. The van der Waals surface area contributed by atoms with Gasteiger partial charge < -0.3 is 14.8 Å². The first kappa shape index (κ1) is 22.0. The van der Waals surface area contributed by atoms with Gasteiger partial charge in [-0.05, 0) is 53.9 Å². The lowest BCUT2D eigenvalue weighted by Gasteiger charge is -2.13. The number of hydrogen-bond donors (Lipinski definition) is 1.